The van der Waals surface area contributed by atoms with Crippen LogP contribution in [0.5, 0.6) is 0 Å². The summed E-state index contributed by atoms with van der Waals surface area (Å²) in [5, 5.41) is 10.7. The Morgan fingerprint density at radius 2 is 2.00 bits per heavy atom. The van der Waals surface area contributed by atoms with Crippen molar-refractivity contribution in [3.8, 4) is 0 Å². The van der Waals surface area contributed by atoms with E-state index in [1.54, 1.807) is 7.11 Å². The molecular formula is C23H37N3O3+2. The number of nitrogens with one attached hydrogen (secondary N) is 2. The van der Waals surface area contributed by atoms with Crippen molar-refractivity contribution in [1.82, 2.24) is 4.57 Å². The summed E-state index contributed by atoms with van der Waals surface area (Å²) in [6.45, 7) is 10.6. The van der Waals surface area contributed by atoms with E-state index in [0.717, 1.165) is 59.0 Å². The number of aryl methyl sites for hydroxylation is 1. The normalized spacial score (nSPS) is 17.3. The summed E-state index contributed by atoms with van der Waals surface area (Å²) >= 11 is 0. The van der Waals surface area contributed by atoms with Crippen LogP contribution in [0.4, 0.5) is 0 Å². The zero-order chi connectivity index (χ0) is 20.5. The molecule has 6 heteroatoms. The highest BCUT2D eigenvalue weighted by atomic mass is 16.5. The molecule has 160 valence electrons. The topological polar surface area (TPSA) is 52.5 Å². The van der Waals surface area contributed by atoms with Crippen LogP contribution in [0.1, 0.15) is 16.8 Å². The fourth-order valence-electron chi connectivity index (χ4n) is 4.10. The number of quaternary nitrogens is 2. The predicted molar refractivity (Wildman–Crippen MR) is 113 cm³/mol. The summed E-state index contributed by atoms with van der Waals surface area (Å²) in [6, 6.07) is 12.9. The van der Waals surface area contributed by atoms with E-state index in [-0.39, 0.29) is 6.10 Å². The molecule has 3 N–H and O–H groups in total. The summed E-state index contributed by atoms with van der Waals surface area (Å²) in [4.78, 5) is 2.80. The Kier molecular flexibility index (Phi) is 8.70. The van der Waals surface area contributed by atoms with E-state index in [9.17, 15) is 5.11 Å². The van der Waals surface area contributed by atoms with E-state index in [2.05, 4.69) is 54.1 Å². The van der Waals surface area contributed by atoms with Gasteiger partial charge in [0.25, 0.3) is 0 Å². The van der Waals surface area contributed by atoms with E-state index in [1.807, 2.05) is 0 Å². The lowest BCUT2D eigenvalue weighted by Gasteiger charge is -2.28. The van der Waals surface area contributed by atoms with Crippen LogP contribution in [-0.4, -0.2) is 75.4 Å². The molecule has 1 aromatic heterocycles. The highest BCUT2D eigenvalue weighted by Gasteiger charge is 2.23. The molecule has 1 unspecified atom stereocenters. The van der Waals surface area contributed by atoms with Crippen molar-refractivity contribution in [3.05, 3.63) is 59.4 Å². The second-order valence-electron chi connectivity index (χ2n) is 8.15. The monoisotopic (exact) mass is 403 g/mol. The summed E-state index contributed by atoms with van der Waals surface area (Å²) in [5.74, 6) is 0. The van der Waals surface area contributed by atoms with Crippen molar-refractivity contribution in [1.29, 1.82) is 0 Å². The highest BCUT2D eigenvalue weighted by molar-refractivity contribution is 5.26. The molecule has 1 saturated heterocycles. The maximum Gasteiger partial charge on any atom is 0.152 e. The molecule has 1 aromatic carbocycles. The lowest BCUT2D eigenvalue weighted by Crippen LogP contribution is -3.17. The second kappa shape index (κ2) is 11.5. The van der Waals surface area contributed by atoms with Crippen LogP contribution in [0.15, 0.2) is 42.6 Å². The first-order valence-electron chi connectivity index (χ1n) is 10.8. The summed E-state index contributed by atoms with van der Waals surface area (Å²) in [7, 11) is 1.74. The molecular weight excluding hydrogens is 366 g/mol. The summed E-state index contributed by atoms with van der Waals surface area (Å²) in [6.07, 6.45) is 1.85. The molecule has 29 heavy (non-hydrogen) atoms. The van der Waals surface area contributed by atoms with Gasteiger partial charge in [-0.1, -0.05) is 24.3 Å². The number of hydrogen-bond acceptors (Lipinski definition) is 3. The van der Waals surface area contributed by atoms with E-state index >= 15 is 0 Å². The molecule has 0 aliphatic carbocycles. The minimum atomic E-state index is -0.310. The Labute approximate surface area is 174 Å². The number of ether oxygens (including phenoxy) is 2. The van der Waals surface area contributed by atoms with Crippen molar-refractivity contribution in [3.63, 3.8) is 0 Å². The molecule has 0 saturated carbocycles. The second-order valence-corrected chi connectivity index (χ2v) is 8.15. The van der Waals surface area contributed by atoms with Crippen molar-refractivity contribution in [2.75, 3.05) is 59.7 Å². The molecule has 2 aromatic rings. The molecule has 0 bridgehead atoms. The number of methoxy groups -OCH3 is 1. The van der Waals surface area contributed by atoms with Crippen LogP contribution in [0.25, 0.3) is 0 Å². The smallest absolute Gasteiger partial charge is 0.152 e. The molecule has 0 amide bonds. The lowest BCUT2D eigenvalue weighted by atomic mass is 10.1. The van der Waals surface area contributed by atoms with Crippen LogP contribution >= 0.6 is 0 Å². The third-order valence-electron chi connectivity index (χ3n) is 5.86. The van der Waals surface area contributed by atoms with Gasteiger partial charge in [0.1, 0.15) is 39.3 Å². The third kappa shape index (κ3) is 6.94. The number of aromatic nitrogens is 1. The zero-order valence-electron chi connectivity index (χ0n) is 17.9. The van der Waals surface area contributed by atoms with Crippen LogP contribution in [0, 0.1) is 6.92 Å². The van der Waals surface area contributed by atoms with E-state index in [4.69, 9.17) is 9.47 Å². The molecule has 0 radical (unpaired) electrons. The van der Waals surface area contributed by atoms with E-state index in [0.29, 0.717) is 6.61 Å². The first kappa shape index (κ1) is 22.0. The molecule has 2 atom stereocenters. The van der Waals surface area contributed by atoms with Crippen LogP contribution < -0.4 is 9.80 Å². The number of hydrogen-bond donors (Lipinski definition) is 3. The molecule has 2 heterocycles. The van der Waals surface area contributed by atoms with Gasteiger partial charge in [-0.3, -0.25) is 0 Å². The highest BCUT2D eigenvalue weighted by Crippen LogP contribution is 2.11. The van der Waals surface area contributed by atoms with E-state index in [1.165, 1.54) is 26.6 Å². The Balaban J connectivity index is 1.61. The van der Waals surface area contributed by atoms with Crippen molar-refractivity contribution in [2.24, 2.45) is 0 Å². The van der Waals surface area contributed by atoms with Crippen molar-refractivity contribution >= 4 is 0 Å². The van der Waals surface area contributed by atoms with Crippen LogP contribution in [-0.2, 0) is 22.6 Å². The van der Waals surface area contributed by atoms with Gasteiger partial charge in [-0.15, -0.1) is 0 Å². The van der Waals surface area contributed by atoms with Gasteiger partial charge in [-0.25, -0.2) is 0 Å². The van der Waals surface area contributed by atoms with Gasteiger partial charge < -0.3 is 28.9 Å². The Morgan fingerprint density at radius 1 is 1.21 bits per heavy atom. The average molecular weight is 404 g/mol. The third-order valence-corrected chi connectivity index (χ3v) is 5.86. The first-order valence-corrected chi connectivity index (χ1v) is 10.8. The number of aliphatic hydroxyl groups excluding tert-OH is 1. The number of nitrogens with zero attached hydrogens (tertiary/aromatic N) is 1. The number of aliphatic hydroxyl groups is 1. The Morgan fingerprint density at radius 3 is 2.76 bits per heavy atom. The van der Waals surface area contributed by atoms with Gasteiger partial charge in [0.05, 0.1) is 25.5 Å². The number of rotatable bonds is 11. The molecule has 3 rings (SSSR count). The van der Waals surface area contributed by atoms with Crippen LogP contribution in [0.2, 0.25) is 0 Å². The van der Waals surface area contributed by atoms with Gasteiger partial charge in [-0.2, -0.15) is 0 Å². The first-order chi connectivity index (χ1) is 14.2. The van der Waals surface area contributed by atoms with Crippen LogP contribution in [0.3, 0.4) is 0 Å². The Hall–Kier alpha value is -1.70. The fourth-order valence-corrected chi connectivity index (χ4v) is 4.10. The summed E-state index contributed by atoms with van der Waals surface area (Å²) < 4.78 is 13.1. The van der Waals surface area contributed by atoms with Crippen molar-refractivity contribution in [2.45, 2.75) is 26.1 Å². The van der Waals surface area contributed by atoms with Gasteiger partial charge in [0.2, 0.25) is 0 Å². The predicted octanol–water partition coefficient (Wildman–Crippen LogP) is -0.848. The zero-order valence-corrected chi connectivity index (χ0v) is 17.9. The Bertz CT molecular complexity index is 728. The summed E-state index contributed by atoms with van der Waals surface area (Å²) in [5.41, 5.74) is 3.96. The van der Waals surface area contributed by atoms with Gasteiger partial charge in [-0.05, 0) is 30.2 Å². The standard InChI is InChI=1S/C23H35N3O3/c1-20-6-3-4-7-21(20)16-26-9-5-8-22(26)17-25(10-13-28-2)19-23(27)18-24-11-14-29-15-12-24/h3-9,23,27H,10-19H2,1-2H3/p+2/t23-/m0/s1. The van der Waals surface area contributed by atoms with Gasteiger partial charge >= 0.3 is 0 Å². The molecule has 1 aliphatic rings. The van der Waals surface area contributed by atoms with E-state index < -0.39 is 0 Å². The minimum absolute atomic E-state index is 0.310. The number of morpholine rings is 1. The molecule has 1 fully saturated rings. The quantitative estimate of drug-likeness (QED) is 0.458. The number of benzene rings is 1. The fraction of sp³-hybridized carbons (Fsp3) is 0.565. The largest absolute Gasteiger partial charge is 0.382 e. The van der Waals surface area contributed by atoms with Crippen molar-refractivity contribution < 1.29 is 24.4 Å². The molecule has 0 spiro atoms. The minimum Gasteiger partial charge on any atom is -0.382 e. The maximum atomic E-state index is 10.7. The lowest BCUT2D eigenvalue weighted by molar-refractivity contribution is -0.935. The van der Waals surface area contributed by atoms with Gasteiger partial charge in [0.15, 0.2) is 6.10 Å². The van der Waals surface area contributed by atoms with Gasteiger partial charge in [0, 0.05) is 19.9 Å². The average Bonchev–Trinajstić information content (AvgIpc) is 3.15. The molecule has 1 aliphatic heterocycles. The SMILES string of the molecule is COCC[NH+](Cc1cccn1Cc1ccccc1C)C[C@@H](O)C[NH+]1CCOCC1. The molecule has 6 nitrogen and oxygen atoms in total. The maximum absolute atomic E-state index is 10.7.